The Labute approximate surface area is 193 Å². The molecule has 0 saturated heterocycles. The Balaban J connectivity index is 1.55. The number of nitrogens with one attached hydrogen (secondary N) is 1. The second-order valence-electron chi connectivity index (χ2n) is 8.02. The number of hydrogen-bond acceptors (Lipinski definition) is 4. The maximum absolute atomic E-state index is 13.4. The number of rotatable bonds is 8. The molecule has 4 rings (SSSR count). The first-order valence-corrected chi connectivity index (χ1v) is 11.0. The minimum Gasteiger partial charge on any atom is -0.350 e. The number of fused-ring (bicyclic) bond motifs is 1. The number of carbonyl (C=O) groups excluding carboxylic acids is 2. The Bertz CT molecular complexity index is 1240. The number of amides is 2. The highest BCUT2D eigenvalue weighted by molar-refractivity contribution is 5.94. The molecule has 2 amide bonds. The van der Waals surface area contributed by atoms with Crippen molar-refractivity contribution in [1.82, 2.24) is 19.9 Å². The number of pyridine rings is 1. The second-order valence-corrected chi connectivity index (χ2v) is 8.02. The van der Waals surface area contributed by atoms with Crippen molar-refractivity contribution in [3.63, 3.8) is 0 Å². The van der Waals surface area contributed by atoms with Crippen LogP contribution in [0.25, 0.3) is 11.0 Å². The summed E-state index contributed by atoms with van der Waals surface area (Å²) in [5, 5.41) is 2.89. The number of nitrogens with zero attached hydrogens (tertiary/aromatic N) is 4. The van der Waals surface area contributed by atoms with Gasteiger partial charge in [-0.3, -0.25) is 14.6 Å². The van der Waals surface area contributed by atoms with Crippen LogP contribution in [-0.4, -0.2) is 38.9 Å². The first kappa shape index (κ1) is 22.2. The molecule has 2 aromatic heterocycles. The van der Waals surface area contributed by atoms with Crippen LogP contribution in [0.5, 0.6) is 0 Å². The third-order valence-electron chi connectivity index (χ3n) is 5.38. The molecule has 0 unspecified atom stereocenters. The van der Waals surface area contributed by atoms with E-state index in [1.54, 1.807) is 29.3 Å². The first-order valence-electron chi connectivity index (χ1n) is 11.0. The van der Waals surface area contributed by atoms with Crippen molar-refractivity contribution < 1.29 is 9.59 Å². The van der Waals surface area contributed by atoms with E-state index in [1.807, 2.05) is 73.0 Å². The summed E-state index contributed by atoms with van der Waals surface area (Å²) in [5.74, 6) is 0.505. The molecule has 0 aliphatic carbocycles. The van der Waals surface area contributed by atoms with E-state index in [0.29, 0.717) is 18.7 Å². The highest BCUT2D eigenvalue weighted by atomic mass is 16.2. The molecule has 0 bridgehead atoms. The van der Waals surface area contributed by atoms with E-state index < -0.39 is 0 Å². The number of carbonyl (C=O) groups is 2. The maximum Gasteiger partial charge on any atom is 0.269 e. The predicted molar refractivity (Wildman–Crippen MR) is 129 cm³/mol. The number of benzene rings is 2. The fraction of sp³-hybridized carbons (Fsp3) is 0.231. The van der Waals surface area contributed by atoms with Crippen molar-refractivity contribution in [3.8, 4) is 0 Å². The fourth-order valence-corrected chi connectivity index (χ4v) is 3.90. The zero-order valence-electron chi connectivity index (χ0n) is 18.8. The van der Waals surface area contributed by atoms with Gasteiger partial charge >= 0.3 is 0 Å². The van der Waals surface area contributed by atoms with Gasteiger partial charge < -0.3 is 14.8 Å². The van der Waals surface area contributed by atoms with Crippen molar-refractivity contribution in [1.29, 1.82) is 0 Å². The summed E-state index contributed by atoms with van der Waals surface area (Å²) in [6, 6.07) is 22.7. The first-order chi connectivity index (χ1) is 16.0. The summed E-state index contributed by atoms with van der Waals surface area (Å²) in [4.78, 5) is 36.4. The zero-order valence-corrected chi connectivity index (χ0v) is 18.8. The molecule has 0 fully saturated rings. The number of hydrogen-bond donors (Lipinski definition) is 1. The lowest BCUT2D eigenvalue weighted by Gasteiger charge is -2.27. The number of para-hydroxylation sites is 3. The summed E-state index contributed by atoms with van der Waals surface area (Å²) >= 11 is 0. The molecule has 7 nitrogen and oxygen atoms in total. The molecule has 168 valence electrons. The highest BCUT2D eigenvalue weighted by Crippen LogP contribution is 2.20. The number of imidazole rings is 1. The van der Waals surface area contributed by atoms with Gasteiger partial charge in [0, 0.05) is 30.9 Å². The van der Waals surface area contributed by atoms with Crippen LogP contribution in [0.1, 0.15) is 30.2 Å². The Morgan fingerprint density at radius 1 is 0.970 bits per heavy atom. The van der Waals surface area contributed by atoms with Crippen molar-refractivity contribution >= 4 is 28.5 Å². The molecule has 1 N–H and O–H groups in total. The van der Waals surface area contributed by atoms with Crippen LogP contribution in [0.4, 0.5) is 5.69 Å². The van der Waals surface area contributed by atoms with Crippen LogP contribution in [-0.2, 0) is 17.8 Å². The molecule has 0 spiro atoms. The fourth-order valence-electron chi connectivity index (χ4n) is 3.90. The Kier molecular flexibility index (Phi) is 6.78. The van der Waals surface area contributed by atoms with Gasteiger partial charge in [0.15, 0.2) is 0 Å². The van der Waals surface area contributed by atoms with Crippen molar-refractivity contribution in [2.75, 3.05) is 11.4 Å². The Morgan fingerprint density at radius 3 is 2.42 bits per heavy atom. The van der Waals surface area contributed by atoms with Crippen molar-refractivity contribution in [2.24, 2.45) is 0 Å². The molecule has 0 saturated carbocycles. The summed E-state index contributed by atoms with van der Waals surface area (Å²) in [7, 11) is 0. The molecule has 0 radical (unpaired) electrons. The third kappa shape index (κ3) is 5.09. The van der Waals surface area contributed by atoms with Crippen LogP contribution < -0.4 is 10.2 Å². The van der Waals surface area contributed by atoms with Crippen LogP contribution in [0.3, 0.4) is 0 Å². The largest absolute Gasteiger partial charge is 0.350 e. The minimum absolute atomic E-state index is 0.01000. The lowest BCUT2D eigenvalue weighted by molar-refractivity contribution is -0.119. The van der Waals surface area contributed by atoms with Gasteiger partial charge in [0.1, 0.15) is 18.1 Å². The van der Waals surface area contributed by atoms with Crippen LogP contribution >= 0.6 is 0 Å². The average Bonchev–Trinajstić information content (AvgIpc) is 3.17. The second kappa shape index (κ2) is 10.1. The van der Waals surface area contributed by atoms with E-state index in [-0.39, 0.29) is 24.4 Å². The summed E-state index contributed by atoms with van der Waals surface area (Å²) in [6.45, 7) is 4.56. The zero-order chi connectivity index (χ0) is 23.2. The molecule has 33 heavy (non-hydrogen) atoms. The van der Waals surface area contributed by atoms with E-state index in [2.05, 4.69) is 10.3 Å². The smallest absolute Gasteiger partial charge is 0.269 e. The molecule has 0 aliphatic rings. The van der Waals surface area contributed by atoms with Gasteiger partial charge in [-0.25, -0.2) is 4.98 Å². The lowest BCUT2D eigenvalue weighted by Crippen LogP contribution is -2.39. The molecule has 7 heteroatoms. The molecule has 2 aromatic carbocycles. The quantitative estimate of drug-likeness (QED) is 0.450. The SMILES string of the molecule is CC(C)N(C(=O)Cn1c(CCNC(=O)c2ccccn2)nc2ccccc21)c1ccccc1. The van der Waals surface area contributed by atoms with E-state index in [9.17, 15) is 9.59 Å². The standard InChI is InChI=1S/C26H27N5O2/c1-19(2)31(20-10-4-3-5-11-20)25(32)18-30-23-14-7-6-12-21(23)29-24(30)15-17-28-26(33)22-13-8-9-16-27-22/h3-14,16,19H,15,17-18H2,1-2H3,(H,28,33). The molecule has 0 aliphatic heterocycles. The average molecular weight is 442 g/mol. The highest BCUT2D eigenvalue weighted by Gasteiger charge is 2.22. The van der Waals surface area contributed by atoms with E-state index >= 15 is 0 Å². The number of aromatic nitrogens is 3. The molecule has 4 aromatic rings. The predicted octanol–water partition coefficient (Wildman–Crippen LogP) is 3.85. The van der Waals surface area contributed by atoms with Crippen molar-refractivity contribution in [3.05, 3.63) is 90.5 Å². The Morgan fingerprint density at radius 2 is 1.70 bits per heavy atom. The van der Waals surface area contributed by atoms with Crippen LogP contribution in [0, 0.1) is 0 Å². The minimum atomic E-state index is -0.232. The third-order valence-corrected chi connectivity index (χ3v) is 5.38. The van der Waals surface area contributed by atoms with Crippen LogP contribution in [0.2, 0.25) is 0 Å². The topological polar surface area (TPSA) is 80.1 Å². The number of anilines is 1. The van der Waals surface area contributed by atoms with E-state index in [0.717, 1.165) is 22.5 Å². The lowest BCUT2D eigenvalue weighted by atomic mass is 10.2. The summed E-state index contributed by atoms with van der Waals surface area (Å²) in [5.41, 5.74) is 2.96. The molecule has 0 atom stereocenters. The normalized spacial score (nSPS) is 11.0. The van der Waals surface area contributed by atoms with E-state index in [4.69, 9.17) is 4.98 Å². The monoisotopic (exact) mass is 441 g/mol. The van der Waals surface area contributed by atoms with Crippen LogP contribution in [0.15, 0.2) is 79.0 Å². The van der Waals surface area contributed by atoms with E-state index in [1.165, 1.54) is 0 Å². The molecular formula is C26H27N5O2. The molecular weight excluding hydrogens is 414 g/mol. The van der Waals surface area contributed by atoms with Gasteiger partial charge in [-0.05, 0) is 50.2 Å². The summed E-state index contributed by atoms with van der Waals surface area (Å²) < 4.78 is 1.95. The van der Waals surface area contributed by atoms with Gasteiger partial charge in [0.25, 0.3) is 5.91 Å². The maximum atomic E-state index is 13.4. The van der Waals surface area contributed by atoms with Gasteiger partial charge in [0.05, 0.1) is 11.0 Å². The summed E-state index contributed by atoms with van der Waals surface area (Å²) in [6.07, 6.45) is 2.08. The molecule has 2 heterocycles. The van der Waals surface area contributed by atoms with Gasteiger partial charge in [-0.15, -0.1) is 0 Å². The van der Waals surface area contributed by atoms with Gasteiger partial charge in [-0.2, -0.15) is 0 Å². The van der Waals surface area contributed by atoms with Crippen molar-refractivity contribution in [2.45, 2.75) is 32.9 Å². The Hall–Kier alpha value is -4.00. The van der Waals surface area contributed by atoms with Gasteiger partial charge in [-0.1, -0.05) is 36.4 Å². The van der Waals surface area contributed by atoms with Gasteiger partial charge in [0.2, 0.25) is 5.91 Å².